The summed E-state index contributed by atoms with van der Waals surface area (Å²) < 4.78 is 5.84. The van der Waals surface area contributed by atoms with Gasteiger partial charge in [0.2, 0.25) is 0 Å². The van der Waals surface area contributed by atoms with Crippen LogP contribution in [0.1, 0.15) is 73.7 Å². The van der Waals surface area contributed by atoms with Gasteiger partial charge in [0, 0.05) is 17.9 Å². The number of rotatable bonds is 6. The molecule has 1 aliphatic heterocycles. The molecule has 3 fully saturated rings. The van der Waals surface area contributed by atoms with Gasteiger partial charge in [-0.2, -0.15) is 0 Å². The third-order valence-electron chi connectivity index (χ3n) is 6.28. The number of benzene rings is 1. The summed E-state index contributed by atoms with van der Waals surface area (Å²) >= 11 is 0. The number of ketones is 2. The molecule has 1 aromatic rings. The van der Waals surface area contributed by atoms with E-state index in [1.807, 2.05) is 24.3 Å². The van der Waals surface area contributed by atoms with Gasteiger partial charge < -0.3 is 4.74 Å². The summed E-state index contributed by atoms with van der Waals surface area (Å²) in [6, 6.07) is 7.83. The summed E-state index contributed by atoms with van der Waals surface area (Å²) in [7, 11) is 0. The minimum Gasteiger partial charge on any atom is -0.458 e. The average Bonchev–Trinajstić information content (AvgIpc) is 3.32. The van der Waals surface area contributed by atoms with Crippen molar-refractivity contribution in [1.82, 2.24) is 0 Å². The Bertz CT molecular complexity index is 692. The standard InChI is InChI=1S/C22H26O4/c23-19-13-20(24)26-22(14-19,18-3-1-2-4-18)12-11-15-5-7-16(8-6-15)21(25)17-9-10-17/h5-8,17-18H,1-4,9-14H2. The molecule has 0 N–H and O–H groups in total. The lowest BCUT2D eigenvalue weighted by atomic mass is 9.76. The number of carbonyl (C=O) groups excluding carboxylic acids is 3. The molecule has 2 aliphatic carbocycles. The predicted octanol–water partition coefficient (Wildman–Crippen LogP) is 4.05. The summed E-state index contributed by atoms with van der Waals surface area (Å²) in [6.45, 7) is 0. The van der Waals surface area contributed by atoms with E-state index in [2.05, 4.69) is 0 Å². The Morgan fingerprint density at radius 3 is 2.35 bits per heavy atom. The smallest absolute Gasteiger partial charge is 0.313 e. The molecule has 4 heteroatoms. The molecular formula is C22H26O4. The average molecular weight is 354 g/mol. The van der Waals surface area contributed by atoms with Crippen LogP contribution in [0.4, 0.5) is 0 Å². The van der Waals surface area contributed by atoms with E-state index in [-0.39, 0.29) is 29.9 Å². The molecule has 4 rings (SSSR count). The van der Waals surface area contributed by atoms with Crippen LogP contribution in [-0.2, 0) is 20.7 Å². The normalized spacial score (nSPS) is 26.8. The number of cyclic esters (lactones) is 1. The van der Waals surface area contributed by atoms with Gasteiger partial charge >= 0.3 is 5.97 Å². The fourth-order valence-corrected chi connectivity index (χ4v) is 4.65. The molecule has 1 unspecified atom stereocenters. The second-order valence-electron chi connectivity index (χ2n) is 8.25. The van der Waals surface area contributed by atoms with Crippen LogP contribution in [0.15, 0.2) is 24.3 Å². The van der Waals surface area contributed by atoms with Crippen LogP contribution in [0.5, 0.6) is 0 Å². The van der Waals surface area contributed by atoms with E-state index in [1.165, 1.54) is 0 Å². The van der Waals surface area contributed by atoms with Gasteiger partial charge in [-0.15, -0.1) is 0 Å². The lowest BCUT2D eigenvalue weighted by molar-refractivity contribution is -0.178. The van der Waals surface area contributed by atoms with Gasteiger partial charge in [0.05, 0.1) is 0 Å². The highest BCUT2D eigenvalue weighted by Gasteiger charge is 2.47. The zero-order valence-electron chi connectivity index (χ0n) is 15.2. The Kier molecular flexibility index (Phi) is 4.68. The molecule has 2 saturated carbocycles. The highest BCUT2D eigenvalue weighted by atomic mass is 16.6. The summed E-state index contributed by atoms with van der Waals surface area (Å²) in [5.41, 5.74) is 1.30. The Morgan fingerprint density at radius 2 is 1.73 bits per heavy atom. The van der Waals surface area contributed by atoms with Gasteiger partial charge in [0.25, 0.3) is 0 Å². The first-order chi connectivity index (χ1) is 12.6. The largest absolute Gasteiger partial charge is 0.458 e. The van der Waals surface area contributed by atoms with Crippen molar-refractivity contribution >= 4 is 17.5 Å². The lowest BCUT2D eigenvalue weighted by Crippen LogP contribution is -2.48. The lowest BCUT2D eigenvalue weighted by Gasteiger charge is -2.41. The number of hydrogen-bond acceptors (Lipinski definition) is 4. The first-order valence-electron chi connectivity index (χ1n) is 9.92. The van der Waals surface area contributed by atoms with Crippen LogP contribution in [0, 0.1) is 11.8 Å². The van der Waals surface area contributed by atoms with Crippen LogP contribution in [0.2, 0.25) is 0 Å². The third-order valence-corrected chi connectivity index (χ3v) is 6.28. The van der Waals surface area contributed by atoms with Crippen molar-refractivity contribution in [1.29, 1.82) is 0 Å². The van der Waals surface area contributed by atoms with E-state index < -0.39 is 5.60 Å². The third kappa shape index (κ3) is 3.60. The molecule has 3 aliphatic rings. The highest BCUT2D eigenvalue weighted by Crippen LogP contribution is 2.44. The molecule has 0 bridgehead atoms. The SMILES string of the molecule is O=C1CC(=O)OC(CCc2ccc(C(=O)C3CC3)cc2)(C2CCCC2)C1. The van der Waals surface area contributed by atoms with Gasteiger partial charge in [-0.3, -0.25) is 14.4 Å². The Morgan fingerprint density at radius 1 is 1.04 bits per heavy atom. The molecule has 1 aromatic carbocycles. The Hall–Kier alpha value is -1.97. The van der Waals surface area contributed by atoms with E-state index in [4.69, 9.17) is 4.74 Å². The monoisotopic (exact) mass is 354 g/mol. The zero-order valence-corrected chi connectivity index (χ0v) is 15.2. The predicted molar refractivity (Wildman–Crippen MR) is 96.8 cm³/mol. The molecule has 4 nitrogen and oxygen atoms in total. The minimum atomic E-state index is -0.620. The van der Waals surface area contributed by atoms with E-state index >= 15 is 0 Å². The van der Waals surface area contributed by atoms with Crippen LogP contribution in [0.3, 0.4) is 0 Å². The first-order valence-corrected chi connectivity index (χ1v) is 9.92. The maximum Gasteiger partial charge on any atom is 0.313 e. The fourth-order valence-electron chi connectivity index (χ4n) is 4.65. The van der Waals surface area contributed by atoms with Crippen LogP contribution in [-0.4, -0.2) is 23.1 Å². The molecule has 1 saturated heterocycles. The van der Waals surface area contributed by atoms with E-state index in [0.717, 1.165) is 56.1 Å². The van der Waals surface area contributed by atoms with E-state index in [0.29, 0.717) is 18.8 Å². The summed E-state index contributed by atoms with van der Waals surface area (Å²) in [5.74, 6) is 0.438. The molecule has 0 radical (unpaired) electrons. The van der Waals surface area contributed by atoms with Crippen molar-refractivity contribution in [3.05, 3.63) is 35.4 Å². The van der Waals surface area contributed by atoms with Crippen molar-refractivity contribution in [3.63, 3.8) is 0 Å². The fraction of sp³-hybridized carbons (Fsp3) is 0.591. The quantitative estimate of drug-likeness (QED) is 0.439. The topological polar surface area (TPSA) is 60.4 Å². The molecule has 0 aromatic heterocycles. The minimum absolute atomic E-state index is 0.0125. The second kappa shape index (κ2) is 6.98. The van der Waals surface area contributed by atoms with Crippen molar-refractivity contribution < 1.29 is 19.1 Å². The van der Waals surface area contributed by atoms with Gasteiger partial charge in [0.15, 0.2) is 5.78 Å². The van der Waals surface area contributed by atoms with Crippen molar-refractivity contribution in [2.24, 2.45) is 11.8 Å². The maximum atomic E-state index is 12.1. The van der Waals surface area contributed by atoms with Gasteiger partial charge in [-0.05, 0) is 50.0 Å². The van der Waals surface area contributed by atoms with Crippen LogP contribution >= 0.6 is 0 Å². The number of esters is 1. The maximum absolute atomic E-state index is 12.1. The summed E-state index contributed by atoms with van der Waals surface area (Å²) in [5, 5.41) is 0. The highest BCUT2D eigenvalue weighted by molar-refractivity contribution is 5.99. The van der Waals surface area contributed by atoms with E-state index in [9.17, 15) is 14.4 Å². The zero-order chi connectivity index (χ0) is 18.1. The Balaban J connectivity index is 1.46. The van der Waals surface area contributed by atoms with Crippen molar-refractivity contribution in [2.75, 3.05) is 0 Å². The number of hydrogen-bond donors (Lipinski definition) is 0. The first kappa shape index (κ1) is 17.4. The van der Waals surface area contributed by atoms with Crippen molar-refractivity contribution in [2.45, 2.75) is 69.8 Å². The van der Waals surface area contributed by atoms with Crippen molar-refractivity contribution in [3.8, 4) is 0 Å². The van der Waals surface area contributed by atoms with Gasteiger partial charge in [0.1, 0.15) is 17.8 Å². The molecule has 0 spiro atoms. The summed E-state index contributed by atoms with van der Waals surface area (Å²) in [4.78, 5) is 36.2. The number of Topliss-reactive ketones (excluding diaryl/α,β-unsaturated/α-hetero) is 2. The number of carbonyl (C=O) groups is 3. The van der Waals surface area contributed by atoms with Crippen LogP contribution in [0.25, 0.3) is 0 Å². The number of ether oxygens (including phenoxy) is 1. The van der Waals surface area contributed by atoms with E-state index in [1.54, 1.807) is 0 Å². The summed E-state index contributed by atoms with van der Waals surface area (Å²) in [6.07, 6.45) is 8.14. The molecule has 26 heavy (non-hydrogen) atoms. The molecule has 1 atom stereocenters. The van der Waals surface area contributed by atoms with Gasteiger partial charge in [-0.1, -0.05) is 37.1 Å². The molecule has 0 amide bonds. The molecular weight excluding hydrogens is 328 g/mol. The van der Waals surface area contributed by atoms with Crippen LogP contribution < -0.4 is 0 Å². The number of aryl methyl sites for hydroxylation is 1. The Labute approximate surface area is 154 Å². The molecule has 138 valence electrons. The molecule has 1 heterocycles. The van der Waals surface area contributed by atoms with Gasteiger partial charge in [-0.25, -0.2) is 0 Å². The second-order valence-corrected chi connectivity index (χ2v) is 8.25.